The van der Waals surface area contributed by atoms with Gasteiger partial charge in [-0.2, -0.15) is 0 Å². The smallest absolute Gasteiger partial charge is 0.281 e. The van der Waals surface area contributed by atoms with Crippen molar-refractivity contribution in [2.45, 2.75) is 0 Å². The maximum atomic E-state index is 7.50. The summed E-state index contributed by atoms with van der Waals surface area (Å²) in [5.74, 6) is 0. The fraction of sp³-hybridized carbons (Fsp3) is 0. The number of aromatic amines is 2. The first-order valence-electron chi connectivity index (χ1n) is 8.05. The molecule has 5 nitrogen and oxygen atoms in total. The zero-order valence-electron chi connectivity index (χ0n) is 14.1. The van der Waals surface area contributed by atoms with Crippen molar-refractivity contribution in [1.29, 1.82) is 0 Å². The van der Waals surface area contributed by atoms with Gasteiger partial charge in [0.1, 0.15) is 0 Å². The molecule has 27 heavy (non-hydrogen) atoms. The normalized spacial score (nSPS) is 11.4. The molecule has 2 aliphatic heterocycles. The van der Waals surface area contributed by atoms with Crippen LogP contribution in [-0.4, -0.2) is 26.7 Å². The molecule has 6 heteroatoms. The van der Waals surface area contributed by atoms with Crippen molar-refractivity contribution in [2.24, 2.45) is 0 Å². The van der Waals surface area contributed by atoms with Crippen LogP contribution in [0.1, 0.15) is 22.8 Å². The van der Waals surface area contributed by atoms with Crippen molar-refractivity contribution in [3.05, 3.63) is 71.3 Å². The molecule has 5 rings (SSSR count). The van der Waals surface area contributed by atoms with Crippen LogP contribution < -0.4 is 0 Å². The summed E-state index contributed by atoms with van der Waals surface area (Å²) in [5, 5.41) is 0. The zero-order chi connectivity index (χ0) is 17.9. The third kappa shape index (κ3) is 4.18. The number of carbonyl (C=O) groups excluding carboxylic acids is 1. The third-order valence-electron chi connectivity index (χ3n) is 4.04. The maximum absolute atomic E-state index is 7.50. The Kier molecular flexibility index (Phi) is 5.58. The molecule has 0 unspecified atom stereocenters. The van der Waals surface area contributed by atoms with E-state index in [-0.39, 0.29) is 19.5 Å². The molecule has 2 N–H and O–H groups in total. The van der Waals surface area contributed by atoms with Crippen LogP contribution in [0.5, 0.6) is 0 Å². The summed E-state index contributed by atoms with van der Waals surface area (Å²) in [7, 11) is 0. The Bertz CT molecular complexity index is 1010. The number of hydrogen-bond donors (Lipinski definition) is 2. The van der Waals surface area contributed by atoms with Crippen LogP contribution in [-0.2, 0) is 24.3 Å². The molecule has 132 valence electrons. The molecular formula is C21H14N4ORu. The van der Waals surface area contributed by atoms with Gasteiger partial charge in [-0.1, -0.05) is 0 Å². The molecule has 0 saturated heterocycles. The van der Waals surface area contributed by atoms with E-state index in [0.717, 1.165) is 44.8 Å². The number of H-pyrrole nitrogens is 2. The molecule has 3 aromatic heterocycles. The van der Waals surface area contributed by atoms with Gasteiger partial charge in [0.2, 0.25) is 0 Å². The van der Waals surface area contributed by atoms with Gasteiger partial charge in [0.15, 0.2) is 0 Å². The Labute approximate surface area is 168 Å². The van der Waals surface area contributed by atoms with Crippen molar-refractivity contribution in [2.75, 3.05) is 0 Å². The van der Waals surface area contributed by atoms with Gasteiger partial charge in [0.25, 0.3) is 6.79 Å². The first kappa shape index (κ1) is 18.7. The summed E-state index contributed by atoms with van der Waals surface area (Å²) in [6, 6.07) is 16.4. The number of rotatable bonds is 0. The Hall–Kier alpha value is -3.11. The van der Waals surface area contributed by atoms with Crippen LogP contribution in [0, 0.1) is 0 Å². The Morgan fingerprint density at radius 3 is 1.07 bits per heavy atom. The average Bonchev–Trinajstić information content (AvgIpc) is 3.42. The summed E-state index contributed by atoms with van der Waals surface area (Å²) < 4.78 is 0. The first-order valence-corrected chi connectivity index (χ1v) is 8.05. The Balaban J connectivity index is 0.000000680. The standard InChI is InChI=1S/C20H14N4.CO.Ru/c1-2-14-10-16-5-6-18(23-16)12-20-8-7-19(24-20)11-17-4-3-15(22-17)9-13(1)21-14;1-2;/h1-12,21,24H;;. The maximum Gasteiger partial charge on any atom is 0.281 e. The number of fused-ring (bicyclic) bond motifs is 8. The quantitative estimate of drug-likeness (QED) is 0.354. The van der Waals surface area contributed by atoms with E-state index in [0.29, 0.717) is 0 Å². The van der Waals surface area contributed by atoms with Gasteiger partial charge in [-0.25, -0.2) is 9.97 Å². The second-order valence-corrected chi connectivity index (χ2v) is 5.91. The molecule has 3 aromatic rings. The monoisotopic (exact) mass is 440 g/mol. The van der Waals surface area contributed by atoms with Crippen LogP contribution in [0.2, 0.25) is 0 Å². The van der Waals surface area contributed by atoms with E-state index in [2.05, 4.69) is 51.0 Å². The predicted octanol–water partition coefficient (Wildman–Crippen LogP) is 4.26. The van der Waals surface area contributed by atoms with E-state index < -0.39 is 0 Å². The van der Waals surface area contributed by atoms with E-state index in [1.165, 1.54) is 0 Å². The molecule has 2 radical (unpaired) electrons. The van der Waals surface area contributed by atoms with Crippen LogP contribution in [0.3, 0.4) is 0 Å². The molecule has 2 aliphatic rings. The summed E-state index contributed by atoms with van der Waals surface area (Å²) >= 11 is 0. The number of hydrogen-bond acceptors (Lipinski definition) is 3. The molecule has 0 atom stereocenters. The number of aromatic nitrogens is 4. The molecule has 0 spiro atoms. The van der Waals surface area contributed by atoms with E-state index in [1.54, 1.807) is 0 Å². The van der Waals surface area contributed by atoms with Crippen molar-refractivity contribution in [1.82, 2.24) is 19.9 Å². The molecule has 5 heterocycles. The van der Waals surface area contributed by atoms with E-state index in [9.17, 15) is 0 Å². The zero-order valence-corrected chi connectivity index (χ0v) is 15.8. The molecule has 0 saturated carbocycles. The Morgan fingerprint density at radius 2 is 0.815 bits per heavy atom. The summed E-state index contributed by atoms with van der Waals surface area (Å²) in [4.78, 5) is 23.5. The molecule has 0 aliphatic carbocycles. The fourth-order valence-corrected chi connectivity index (χ4v) is 2.94. The summed E-state index contributed by atoms with van der Waals surface area (Å²) in [6.07, 6.45) is 8.09. The van der Waals surface area contributed by atoms with E-state index in [4.69, 9.17) is 4.79 Å². The van der Waals surface area contributed by atoms with Crippen LogP contribution in [0.15, 0.2) is 48.5 Å². The van der Waals surface area contributed by atoms with Crippen LogP contribution in [0.25, 0.3) is 46.4 Å². The van der Waals surface area contributed by atoms with Gasteiger partial charge in [0.05, 0.1) is 22.8 Å². The second-order valence-electron chi connectivity index (χ2n) is 5.91. The predicted molar refractivity (Wildman–Crippen MR) is 105 cm³/mol. The van der Waals surface area contributed by atoms with E-state index >= 15 is 0 Å². The summed E-state index contributed by atoms with van der Waals surface area (Å²) in [5.41, 5.74) is 7.86. The number of nitrogens with one attached hydrogen (secondary N) is 2. The first-order chi connectivity index (χ1) is 12.8. The summed E-state index contributed by atoms with van der Waals surface area (Å²) in [6.45, 7) is 4.50. The molecule has 0 amide bonds. The van der Waals surface area contributed by atoms with Crippen LogP contribution >= 0.6 is 0 Å². The SMILES string of the molecule is C1=Cc2cc3ccc(cc4nc(cc5ccc(cc1n2)[nH]5)C=C4)[nH]3.[C]=O.[Ru]. The average molecular weight is 439 g/mol. The molecular weight excluding hydrogens is 425 g/mol. The largest absolute Gasteiger partial charge is 0.355 e. The number of nitrogens with zero attached hydrogens (tertiary/aromatic N) is 2. The van der Waals surface area contributed by atoms with Crippen molar-refractivity contribution in [3.63, 3.8) is 0 Å². The van der Waals surface area contributed by atoms with Crippen LogP contribution in [0.4, 0.5) is 0 Å². The third-order valence-corrected chi connectivity index (χ3v) is 4.04. The minimum atomic E-state index is 0. The van der Waals surface area contributed by atoms with Crippen molar-refractivity contribution < 1.29 is 24.3 Å². The fourth-order valence-electron chi connectivity index (χ4n) is 2.94. The minimum Gasteiger partial charge on any atom is -0.355 e. The topological polar surface area (TPSA) is 74.4 Å². The van der Waals surface area contributed by atoms with Gasteiger partial charge in [-0.15, -0.1) is 0 Å². The van der Waals surface area contributed by atoms with Gasteiger partial charge in [-0.3, -0.25) is 4.79 Å². The molecule has 8 bridgehead atoms. The van der Waals surface area contributed by atoms with Gasteiger partial charge < -0.3 is 9.97 Å². The van der Waals surface area contributed by atoms with Gasteiger partial charge in [0, 0.05) is 41.5 Å². The minimum absolute atomic E-state index is 0. The van der Waals surface area contributed by atoms with Crippen molar-refractivity contribution in [3.8, 4) is 0 Å². The Morgan fingerprint density at radius 1 is 0.556 bits per heavy atom. The van der Waals surface area contributed by atoms with E-state index in [1.807, 2.05) is 48.6 Å². The van der Waals surface area contributed by atoms with Gasteiger partial charge >= 0.3 is 0 Å². The second kappa shape index (κ2) is 8.06. The molecule has 0 aromatic carbocycles. The van der Waals surface area contributed by atoms with Crippen molar-refractivity contribution >= 4 is 53.2 Å². The van der Waals surface area contributed by atoms with Gasteiger partial charge in [-0.05, 0) is 72.8 Å². The molecule has 0 fully saturated rings.